The number of nitrogens with one attached hydrogen (secondary N) is 1. The van der Waals surface area contributed by atoms with Gasteiger partial charge in [-0.05, 0) is 36.1 Å². The highest BCUT2D eigenvalue weighted by atomic mass is 16.3. The molecule has 3 aliphatic rings. The molecule has 0 aromatic heterocycles. The number of ketones is 2. The molecule has 8 nitrogen and oxygen atoms in total. The Morgan fingerprint density at radius 1 is 1.13 bits per heavy atom. The summed E-state index contributed by atoms with van der Waals surface area (Å²) in [4.78, 5) is 40.1. The van der Waals surface area contributed by atoms with Crippen molar-refractivity contribution in [3.05, 3.63) is 51.5 Å². The summed E-state index contributed by atoms with van der Waals surface area (Å²) in [7, 11) is 4.98. The Hall–Kier alpha value is -3.55. The molecule has 0 fully saturated rings. The third kappa shape index (κ3) is 2.63. The third-order valence-electron chi connectivity index (χ3n) is 6.01. The zero-order valence-electron chi connectivity index (χ0n) is 16.8. The molecule has 0 bridgehead atoms. The first-order valence-corrected chi connectivity index (χ1v) is 9.57. The molecule has 8 heteroatoms. The van der Waals surface area contributed by atoms with Crippen LogP contribution in [0.3, 0.4) is 0 Å². The van der Waals surface area contributed by atoms with Gasteiger partial charge in [0, 0.05) is 38.8 Å². The Kier molecular flexibility index (Phi) is 4.45. The van der Waals surface area contributed by atoms with Gasteiger partial charge in [-0.2, -0.15) is 0 Å². The minimum atomic E-state index is -1.09. The van der Waals surface area contributed by atoms with Crippen molar-refractivity contribution in [3.63, 3.8) is 0 Å². The van der Waals surface area contributed by atoms with Crippen molar-refractivity contribution >= 4 is 29.2 Å². The minimum Gasteiger partial charge on any atom is -0.511 e. The van der Waals surface area contributed by atoms with Gasteiger partial charge in [0.1, 0.15) is 22.8 Å². The molecule has 2 atom stereocenters. The molecule has 1 aromatic rings. The molecule has 4 N–H and O–H groups in total. The van der Waals surface area contributed by atoms with Crippen LogP contribution in [0.1, 0.15) is 28.8 Å². The number of carbonyl (C=O) groups excluding carboxylic acids is 3. The van der Waals surface area contributed by atoms with Crippen LogP contribution in [0.15, 0.2) is 40.4 Å². The Morgan fingerprint density at radius 3 is 2.47 bits per heavy atom. The number of amides is 1. The largest absolute Gasteiger partial charge is 0.511 e. The lowest BCUT2D eigenvalue weighted by Gasteiger charge is -2.37. The number of allylic oxidation sites excluding steroid dienone is 4. The fourth-order valence-electron chi connectivity index (χ4n) is 4.65. The predicted molar refractivity (Wildman–Crippen MR) is 109 cm³/mol. The fourth-order valence-corrected chi connectivity index (χ4v) is 4.65. The van der Waals surface area contributed by atoms with Crippen molar-refractivity contribution in [2.75, 3.05) is 26.0 Å². The smallest absolute Gasteiger partial charge is 0.258 e. The molecule has 0 spiro atoms. The van der Waals surface area contributed by atoms with Crippen LogP contribution in [0.25, 0.3) is 6.08 Å². The Balaban J connectivity index is 1.89. The molecule has 1 amide bonds. The Bertz CT molecular complexity index is 1110. The van der Waals surface area contributed by atoms with Crippen LogP contribution in [0.4, 0.5) is 5.69 Å². The van der Waals surface area contributed by atoms with E-state index in [1.165, 1.54) is 13.1 Å². The number of anilines is 1. The van der Waals surface area contributed by atoms with Gasteiger partial charge in [0.2, 0.25) is 5.78 Å². The molecular formula is C22H22N2O6. The van der Waals surface area contributed by atoms with E-state index in [0.717, 1.165) is 5.69 Å². The van der Waals surface area contributed by atoms with Gasteiger partial charge in [-0.1, -0.05) is 0 Å². The number of fused-ring (bicyclic) bond motifs is 3. The molecule has 156 valence electrons. The zero-order valence-corrected chi connectivity index (χ0v) is 16.8. The summed E-state index contributed by atoms with van der Waals surface area (Å²) in [6.07, 6.45) is 2.05. The topological polar surface area (TPSA) is 127 Å². The maximum Gasteiger partial charge on any atom is 0.258 e. The zero-order chi connectivity index (χ0) is 21.9. The van der Waals surface area contributed by atoms with Gasteiger partial charge in [-0.3, -0.25) is 14.4 Å². The number of nitrogens with zero attached hydrogens (tertiary/aromatic N) is 1. The van der Waals surface area contributed by atoms with Crippen LogP contribution in [0, 0.1) is 11.8 Å². The number of phenolic OH excluding ortho intramolecular Hbond substituents is 1. The number of likely N-dealkylation sites (N-methyl/N-ethyl adjacent to an activating group) is 1. The third-order valence-corrected chi connectivity index (χ3v) is 6.01. The highest BCUT2D eigenvalue weighted by Crippen LogP contribution is 2.49. The molecule has 2 unspecified atom stereocenters. The van der Waals surface area contributed by atoms with Gasteiger partial charge in [-0.15, -0.1) is 0 Å². The average Bonchev–Trinajstić information content (AvgIpc) is 2.66. The van der Waals surface area contributed by atoms with Gasteiger partial charge in [0.05, 0.1) is 17.1 Å². The summed E-state index contributed by atoms with van der Waals surface area (Å²) >= 11 is 0. The number of benzene rings is 1. The first kappa shape index (κ1) is 19.8. The van der Waals surface area contributed by atoms with Crippen LogP contribution in [0.2, 0.25) is 0 Å². The standard InChI is InChI=1S/C22H22N2O6/c1-23-22(30)18-14(26)8-10-6-9-7-11-12(24(2)3)4-5-13(25)17(11)20(28)15(9)19(27)16(10)21(18)29/h4-5,7,10,16,25-27H,6,8H2,1-3H3,(H,23,30). The molecular weight excluding hydrogens is 388 g/mol. The van der Waals surface area contributed by atoms with Crippen molar-refractivity contribution in [2.45, 2.75) is 12.8 Å². The number of phenols is 1. The van der Waals surface area contributed by atoms with Crippen molar-refractivity contribution < 1.29 is 29.7 Å². The predicted octanol–water partition coefficient (Wildman–Crippen LogP) is 2.02. The summed E-state index contributed by atoms with van der Waals surface area (Å²) in [6, 6.07) is 3.12. The summed E-state index contributed by atoms with van der Waals surface area (Å²) in [5.41, 5.74) is 1.49. The maximum atomic E-state index is 13.3. The number of hydrogen-bond acceptors (Lipinski definition) is 7. The molecule has 4 rings (SSSR count). The summed E-state index contributed by atoms with van der Waals surface area (Å²) < 4.78 is 0. The van der Waals surface area contributed by atoms with E-state index in [1.54, 1.807) is 12.1 Å². The second-order valence-corrected chi connectivity index (χ2v) is 7.96. The van der Waals surface area contributed by atoms with Gasteiger partial charge in [-0.25, -0.2) is 0 Å². The van der Waals surface area contributed by atoms with Gasteiger partial charge in [0.25, 0.3) is 5.91 Å². The SMILES string of the molecule is CNC(=O)C1=C(O)CC2CC3=Cc4c(N(C)C)ccc(O)c4C(=O)C3=C(O)C2C1=O. The van der Waals surface area contributed by atoms with Gasteiger partial charge in [0.15, 0.2) is 5.78 Å². The van der Waals surface area contributed by atoms with Crippen molar-refractivity contribution in [3.8, 4) is 5.75 Å². The van der Waals surface area contributed by atoms with Gasteiger partial charge < -0.3 is 25.5 Å². The van der Waals surface area contributed by atoms with Crippen LogP contribution in [-0.4, -0.2) is 53.9 Å². The van der Waals surface area contributed by atoms with E-state index in [9.17, 15) is 29.7 Å². The minimum absolute atomic E-state index is 0.0130. The number of carbonyl (C=O) groups is 3. The number of aliphatic hydroxyl groups is 2. The van der Waals surface area contributed by atoms with E-state index in [0.29, 0.717) is 11.1 Å². The molecule has 0 saturated carbocycles. The number of hydrogen-bond donors (Lipinski definition) is 4. The lowest BCUT2D eigenvalue weighted by molar-refractivity contribution is -0.126. The first-order chi connectivity index (χ1) is 14.2. The summed E-state index contributed by atoms with van der Waals surface area (Å²) in [6.45, 7) is 0. The highest BCUT2D eigenvalue weighted by molar-refractivity contribution is 6.23. The summed E-state index contributed by atoms with van der Waals surface area (Å²) in [5, 5.41) is 33.9. The van der Waals surface area contributed by atoms with E-state index in [4.69, 9.17) is 0 Å². The van der Waals surface area contributed by atoms with E-state index >= 15 is 0 Å². The van der Waals surface area contributed by atoms with Crippen LogP contribution in [0.5, 0.6) is 5.75 Å². The molecule has 1 aromatic carbocycles. The molecule has 0 heterocycles. The monoisotopic (exact) mass is 410 g/mol. The van der Waals surface area contributed by atoms with E-state index in [1.807, 2.05) is 19.0 Å². The number of aliphatic hydroxyl groups excluding tert-OH is 2. The van der Waals surface area contributed by atoms with Crippen LogP contribution in [-0.2, 0) is 9.59 Å². The van der Waals surface area contributed by atoms with Crippen molar-refractivity contribution in [2.24, 2.45) is 11.8 Å². The van der Waals surface area contributed by atoms with Crippen molar-refractivity contribution in [1.82, 2.24) is 5.32 Å². The second kappa shape index (κ2) is 6.76. The Morgan fingerprint density at radius 2 is 1.83 bits per heavy atom. The lowest BCUT2D eigenvalue weighted by atomic mass is 9.66. The van der Waals surface area contributed by atoms with Gasteiger partial charge >= 0.3 is 0 Å². The van der Waals surface area contributed by atoms with E-state index in [2.05, 4.69) is 5.32 Å². The highest BCUT2D eigenvalue weighted by Gasteiger charge is 2.48. The molecule has 0 saturated heterocycles. The maximum absolute atomic E-state index is 13.3. The van der Waals surface area contributed by atoms with E-state index < -0.39 is 35.1 Å². The molecule has 3 aliphatic carbocycles. The number of aromatic hydroxyl groups is 1. The fraction of sp³-hybridized carbons (Fsp3) is 0.318. The van der Waals surface area contributed by atoms with Crippen LogP contribution >= 0.6 is 0 Å². The van der Waals surface area contributed by atoms with Crippen molar-refractivity contribution in [1.29, 1.82) is 0 Å². The first-order valence-electron chi connectivity index (χ1n) is 9.57. The Labute approximate surface area is 172 Å². The number of Topliss-reactive ketones (excluding diaryl/α,β-unsaturated/α-hetero) is 2. The summed E-state index contributed by atoms with van der Waals surface area (Å²) in [5.74, 6) is -4.51. The quantitative estimate of drug-likeness (QED) is 0.549. The molecule has 0 radical (unpaired) electrons. The second-order valence-electron chi connectivity index (χ2n) is 7.96. The van der Waals surface area contributed by atoms with Crippen LogP contribution < -0.4 is 10.2 Å². The normalized spacial score (nSPS) is 22.8. The lowest BCUT2D eigenvalue weighted by Crippen LogP contribution is -2.41. The average molecular weight is 410 g/mol. The molecule has 30 heavy (non-hydrogen) atoms. The molecule has 0 aliphatic heterocycles. The number of rotatable bonds is 2. The van der Waals surface area contributed by atoms with E-state index in [-0.39, 0.29) is 41.1 Å².